The molecule has 8 nitrogen and oxygen atoms in total. The second-order valence-electron chi connectivity index (χ2n) is 6.08. The summed E-state index contributed by atoms with van der Waals surface area (Å²) in [4.78, 5) is 22.2. The van der Waals surface area contributed by atoms with Gasteiger partial charge in [-0.15, -0.1) is 0 Å². The molecular weight excluding hydrogens is 415 g/mol. The Balaban J connectivity index is 1.77. The number of nitro benzene ring substituents is 1. The van der Waals surface area contributed by atoms with Crippen molar-refractivity contribution in [1.29, 1.82) is 0 Å². The number of amides is 1. The highest BCUT2D eigenvalue weighted by molar-refractivity contribution is 7.91. The number of halogens is 1. The zero-order valence-corrected chi connectivity index (χ0v) is 16.4. The summed E-state index contributed by atoms with van der Waals surface area (Å²) in [5.74, 6) is -1.26. The van der Waals surface area contributed by atoms with Crippen molar-refractivity contribution >= 4 is 27.1 Å². The number of carbonyl (C=O) groups excluding carboxylic acids is 1. The van der Waals surface area contributed by atoms with Gasteiger partial charge in [0.25, 0.3) is 11.6 Å². The van der Waals surface area contributed by atoms with Crippen molar-refractivity contribution in [3.05, 3.63) is 88.2 Å². The van der Waals surface area contributed by atoms with E-state index in [1.54, 1.807) is 0 Å². The molecule has 0 aliphatic heterocycles. The number of sulfone groups is 1. The number of hydrogen-bond donors (Lipinski definition) is 1. The van der Waals surface area contributed by atoms with E-state index in [1.807, 2.05) is 0 Å². The lowest BCUT2D eigenvalue weighted by atomic mass is 10.2. The summed E-state index contributed by atoms with van der Waals surface area (Å²) >= 11 is 0. The van der Waals surface area contributed by atoms with E-state index in [-0.39, 0.29) is 26.8 Å². The lowest BCUT2D eigenvalue weighted by Gasteiger charge is -2.09. The molecule has 0 radical (unpaired) electrons. The fourth-order valence-corrected chi connectivity index (χ4v) is 3.87. The normalized spacial score (nSPS) is 11.0. The number of nitrogens with zero attached hydrogens (tertiary/aromatic N) is 1. The van der Waals surface area contributed by atoms with Gasteiger partial charge in [-0.05, 0) is 54.6 Å². The Labute approximate surface area is 171 Å². The van der Waals surface area contributed by atoms with Gasteiger partial charge in [0.05, 0.1) is 21.8 Å². The zero-order valence-electron chi connectivity index (χ0n) is 15.5. The average molecular weight is 430 g/mol. The van der Waals surface area contributed by atoms with Crippen LogP contribution in [0.5, 0.6) is 5.75 Å². The number of carbonyl (C=O) groups is 1. The van der Waals surface area contributed by atoms with Crippen molar-refractivity contribution in [1.82, 2.24) is 0 Å². The minimum Gasteiger partial charge on any atom is -0.494 e. The Hall–Kier alpha value is -3.79. The van der Waals surface area contributed by atoms with Gasteiger partial charge in [0, 0.05) is 23.4 Å². The molecule has 1 amide bonds. The molecule has 30 heavy (non-hydrogen) atoms. The molecule has 0 fully saturated rings. The van der Waals surface area contributed by atoms with Crippen LogP contribution < -0.4 is 10.1 Å². The molecule has 154 valence electrons. The Morgan fingerprint density at radius 3 is 2.07 bits per heavy atom. The fourth-order valence-electron chi connectivity index (χ4n) is 2.61. The van der Waals surface area contributed by atoms with Crippen LogP contribution in [0.2, 0.25) is 0 Å². The van der Waals surface area contributed by atoms with Crippen molar-refractivity contribution < 1.29 is 27.3 Å². The molecule has 3 aromatic rings. The van der Waals surface area contributed by atoms with E-state index < -0.39 is 26.5 Å². The minimum atomic E-state index is -3.89. The summed E-state index contributed by atoms with van der Waals surface area (Å²) in [5.41, 5.74) is 0.150. The van der Waals surface area contributed by atoms with E-state index >= 15 is 0 Å². The lowest BCUT2D eigenvalue weighted by molar-refractivity contribution is -0.384. The van der Waals surface area contributed by atoms with E-state index in [2.05, 4.69) is 5.32 Å². The smallest absolute Gasteiger partial charge is 0.269 e. The molecule has 0 saturated heterocycles. The van der Waals surface area contributed by atoms with Gasteiger partial charge in [-0.2, -0.15) is 0 Å². The van der Waals surface area contributed by atoms with Crippen LogP contribution in [-0.4, -0.2) is 26.4 Å². The Kier molecular flexibility index (Phi) is 5.79. The first-order valence-corrected chi connectivity index (χ1v) is 9.95. The van der Waals surface area contributed by atoms with Gasteiger partial charge < -0.3 is 10.1 Å². The van der Waals surface area contributed by atoms with Gasteiger partial charge in [-0.1, -0.05) is 0 Å². The van der Waals surface area contributed by atoms with Crippen molar-refractivity contribution in [2.45, 2.75) is 9.79 Å². The van der Waals surface area contributed by atoms with Crippen molar-refractivity contribution in [2.75, 3.05) is 12.4 Å². The lowest BCUT2D eigenvalue weighted by Crippen LogP contribution is -2.12. The van der Waals surface area contributed by atoms with E-state index in [0.29, 0.717) is 5.69 Å². The quantitative estimate of drug-likeness (QED) is 0.469. The first-order chi connectivity index (χ1) is 14.2. The molecule has 0 heterocycles. The maximum absolute atomic E-state index is 13.8. The highest BCUT2D eigenvalue weighted by Crippen LogP contribution is 2.25. The summed E-state index contributed by atoms with van der Waals surface area (Å²) in [7, 11) is -2.58. The molecule has 3 rings (SSSR count). The van der Waals surface area contributed by atoms with Crippen molar-refractivity contribution in [3.8, 4) is 5.75 Å². The number of non-ortho nitro benzene ring substituents is 1. The summed E-state index contributed by atoms with van der Waals surface area (Å²) in [6.07, 6.45) is 0. The van der Waals surface area contributed by atoms with Gasteiger partial charge >= 0.3 is 0 Å². The van der Waals surface area contributed by atoms with Gasteiger partial charge in [0.15, 0.2) is 11.6 Å². The van der Waals surface area contributed by atoms with Gasteiger partial charge in [0.1, 0.15) is 0 Å². The van der Waals surface area contributed by atoms with Crippen LogP contribution in [0.3, 0.4) is 0 Å². The highest BCUT2D eigenvalue weighted by atomic mass is 32.2. The van der Waals surface area contributed by atoms with Crippen molar-refractivity contribution in [3.63, 3.8) is 0 Å². The standard InChI is InChI=1S/C20H15FN2O6S/c1-29-19-11-2-13(12-18(19)21)20(24)22-14-3-7-16(8-4-14)30(27,28)17-9-5-15(6-10-17)23(25)26/h2-12H,1H3,(H,22,24). The number of benzene rings is 3. The van der Waals surface area contributed by atoms with Crippen LogP contribution in [0, 0.1) is 15.9 Å². The molecule has 0 spiro atoms. The minimum absolute atomic E-state index is 0.00681. The third kappa shape index (κ3) is 4.28. The molecule has 10 heteroatoms. The Morgan fingerprint density at radius 1 is 1.00 bits per heavy atom. The molecule has 0 aliphatic rings. The molecule has 1 N–H and O–H groups in total. The third-order valence-electron chi connectivity index (χ3n) is 4.19. The van der Waals surface area contributed by atoms with Crippen LogP contribution in [-0.2, 0) is 9.84 Å². The van der Waals surface area contributed by atoms with E-state index in [0.717, 1.165) is 30.3 Å². The third-order valence-corrected chi connectivity index (χ3v) is 5.98. The van der Waals surface area contributed by atoms with Crippen LogP contribution in [0.4, 0.5) is 15.8 Å². The van der Waals surface area contributed by atoms with Crippen LogP contribution in [0.1, 0.15) is 10.4 Å². The van der Waals surface area contributed by atoms with Crippen LogP contribution >= 0.6 is 0 Å². The topological polar surface area (TPSA) is 116 Å². The maximum atomic E-state index is 13.8. The zero-order chi connectivity index (χ0) is 21.9. The second kappa shape index (κ2) is 8.29. The summed E-state index contributed by atoms with van der Waals surface area (Å²) in [5, 5.41) is 13.3. The summed E-state index contributed by atoms with van der Waals surface area (Å²) < 4.78 is 43.9. The van der Waals surface area contributed by atoms with Gasteiger partial charge in [-0.25, -0.2) is 12.8 Å². The summed E-state index contributed by atoms with van der Waals surface area (Å²) in [6, 6.07) is 13.6. The van der Waals surface area contributed by atoms with Crippen molar-refractivity contribution in [2.24, 2.45) is 0 Å². The second-order valence-corrected chi connectivity index (χ2v) is 8.03. The molecule has 0 aliphatic carbocycles. The van der Waals surface area contributed by atoms with E-state index in [9.17, 15) is 27.7 Å². The van der Waals surface area contributed by atoms with E-state index in [1.165, 1.54) is 43.5 Å². The molecule has 0 atom stereocenters. The molecule has 3 aromatic carbocycles. The predicted molar refractivity (Wildman–Crippen MR) is 106 cm³/mol. The molecule has 0 unspecified atom stereocenters. The van der Waals surface area contributed by atoms with Crippen LogP contribution in [0.25, 0.3) is 0 Å². The molecule has 0 aromatic heterocycles. The number of nitro groups is 1. The number of hydrogen-bond acceptors (Lipinski definition) is 6. The first-order valence-electron chi connectivity index (χ1n) is 8.47. The average Bonchev–Trinajstić information content (AvgIpc) is 2.74. The largest absolute Gasteiger partial charge is 0.494 e. The Bertz CT molecular complexity index is 1210. The number of rotatable bonds is 6. The Morgan fingerprint density at radius 2 is 1.57 bits per heavy atom. The predicted octanol–water partition coefficient (Wildman–Crippen LogP) is 3.83. The van der Waals surface area contributed by atoms with Gasteiger partial charge in [0.2, 0.25) is 9.84 Å². The fraction of sp³-hybridized carbons (Fsp3) is 0.0500. The van der Waals surface area contributed by atoms with Gasteiger partial charge in [-0.3, -0.25) is 14.9 Å². The monoisotopic (exact) mass is 430 g/mol. The first kappa shape index (κ1) is 20.9. The summed E-state index contributed by atoms with van der Waals surface area (Å²) in [6.45, 7) is 0. The molecular formula is C20H15FN2O6S. The molecule has 0 saturated carbocycles. The number of nitrogens with one attached hydrogen (secondary N) is 1. The SMILES string of the molecule is COc1ccc(C(=O)Nc2ccc(S(=O)(=O)c3ccc([N+](=O)[O-])cc3)cc2)cc1F. The maximum Gasteiger partial charge on any atom is 0.269 e. The van der Waals surface area contributed by atoms with E-state index in [4.69, 9.17) is 4.74 Å². The number of anilines is 1. The molecule has 0 bridgehead atoms. The number of methoxy groups -OCH3 is 1. The highest BCUT2D eigenvalue weighted by Gasteiger charge is 2.19. The number of ether oxygens (including phenoxy) is 1. The van der Waals surface area contributed by atoms with Crippen LogP contribution in [0.15, 0.2) is 76.5 Å².